The molecule has 0 bridgehead atoms. The minimum Gasteiger partial charge on any atom is -0.379 e. The first-order valence-electron chi connectivity index (χ1n) is 11.9. The molecule has 1 atom stereocenters. The third-order valence-electron chi connectivity index (χ3n) is 6.99. The molecular formula is C23H36N6O3. The number of rotatable bonds is 5. The van der Waals surface area contributed by atoms with Gasteiger partial charge in [0, 0.05) is 70.6 Å². The summed E-state index contributed by atoms with van der Waals surface area (Å²) in [7, 11) is 1.89. The summed E-state index contributed by atoms with van der Waals surface area (Å²) in [6.45, 7) is 10.5. The fourth-order valence-electron chi connectivity index (χ4n) is 5.03. The Balaban J connectivity index is 1.38. The molecule has 0 aliphatic carbocycles. The first-order valence-corrected chi connectivity index (χ1v) is 11.9. The molecule has 32 heavy (non-hydrogen) atoms. The number of hydrogen-bond donors (Lipinski definition) is 1. The number of anilines is 1. The molecule has 0 aromatic carbocycles. The summed E-state index contributed by atoms with van der Waals surface area (Å²) in [5.41, 5.74) is 2.08. The number of carbonyl (C=O) groups excluding carboxylic acids is 2. The monoisotopic (exact) mass is 444 g/mol. The average molecular weight is 445 g/mol. The maximum absolute atomic E-state index is 13.0. The third kappa shape index (κ3) is 5.04. The van der Waals surface area contributed by atoms with Crippen molar-refractivity contribution in [3.63, 3.8) is 0 Å². The van der Waals surface area contributed by atoms with Crippen LogP contribution in [0.15, 0.2) is 0 Å². The van der Waals surface area contributed by atoms with Gasteiger partial charge in [-0.05, 0) is 19.3 Å². The second kappa shape index (κ2) is 10.1. The zero-order valence-electron chi connectivity index (χ0n) is 19.6. The van der Waals surface area contributed by atoms with E-state index in [0.717, 1.165) is 88.1 Å². The summed E-state index contributed by atoms with van der Waals surface area (Å²) < 4.78 is 5.41. The van der Waals surface area contributed by atoms with Gasteiger partial charge in [-0.25, -0.2) is 9.97 Å². The van der Waals surface area contributed by atoms with Crippen LogP contribution in [-0.4, -0.2) is 96.0 Å². The minimum atomic E-state index is -0.00176. The van der Waals surface area contributed by atoms with Crippen LogP contribution >= 0.6 is 0 Å². The van der Waals surface area contributed by atoms with Crippen molar-refractivity contribution < 1.29 is 14.3 Å². The van der Waals surface area contributed by atoms with Crippen molar-refractivity contribution >= 4 is 17.6 Å². The van der Waals surface area contributed by atoms with Gasteiger partial charge in [0.15, 0.2) is 0 Å². The van der Waals surface area contributed by atoms with E-state index in [9.17, 15) is 9.59 Å². The molecule has 1 aromatic rings. The Kier molecular flexibility index (Phi) is 7.25. The number of nitrogens with one attached hydrogen (secondary N) is 1. The molecule has 2 fully saturated rings. The number of hydrogen-bond acceptors (Lipinski definition) is 7. The highest BCUT2D eigenvalue weighted by atomic mass is 16.5. The van der Waals surface area contributed by atoms with Crippen LogP contribution in [0.3, 0.4) is 0 Å². The van der Waals surface area contributed by atoms with Gasteiger partial charge < -0.3 is 19.9 Å². The van der Waals surface area contributed by atoms with Crippen LogP contribution in [0.5, 0.6) is 0 Å². The molecule has 2 saturated heterocycles. The molecule has 176 valence electrons. The maximum atomic E-state index is 13.0. The van der Waals surface area contributed by atoms with Crippen LogP contribution in [0.2, 0.25) is 0 Å². The minimum absolute atomic E-state index is 0.00176. The van der Waals surface area contributed by atoms with Crippen LogP contribution in [0.1, 0.15) is 49.7 Å². The smallest absolute Gasteiger partial charge is 0.226 e. The predicted octanol–water partition coefficient (Wildman–Crippen LogP) is 1.10. The van der Waals surface area contributed by atoms with Gasteiger partial charge in [0.25, 0.3) is 0 Å². The lowest BCUT2D eigenvalue weighted by molar-refractivity contribution is -0.137. The Morgan fingerprint density at radius 2 is 1.81 bits per heavy atom. The van der Waals surface area contributed by atoms with Crippen molar-refractivity contribution in [3.8, 4) is 0 Å². The molecule has 2 amide bonds. The molecule has 0 spiro atoms. The summed E-state index contributed by atoms with van der Waals surface area (Å²) in [4.78, 5) is 40.7. The first-order chi connectivity index (χ1) is 15.5. The van der Waals surface area contributed by atoms with E-state index in [4.69, 9.17) is 14.7 Å². The molecule has 1 unspecified atom stereocenters. The quantitative estimate of drug-likeness (QED) is 0.727. The van der Waals surface area contributed by atoms with Crippen LogP contribution in [0.4, 0.5) is 5.82 Å². The summed E-state index contributed by atoms with van der Waals surface area (Å²) >= 11 is 0. The Morgan fingerprint density at radius 1 is 1.09 bits per heavy atom. The molecule has 1 aromatic heterocycles. The van der Waals surface area contributed by atoms with Crippen LogP contribution in [-0.2, 0) is 27.3 Å². The van der Waals surface area contributed by atoms with Gasteiger partial charge in [-0.1, -0.05) is 6.92 Å². The van der Waals surface area contributed by atoms with E-state index in [0.29, 0.717) is 13.1 Å². The van der Waals surface area contributed by atoms with E-state index in [1.807, 2.05) is 23.8 Å². The normalized spacial score (nSPS) is 21.2. The van der Waals surface area contributed by atoms with E-state index in [1.54, 1.807) is 6.92 Å². The van der Waals surface area contributed by atoms with Crippen LogP contribution < -0.4 is 5.32 Å². The van der Waals surface area contributed by atoms with Crippen molar-refractivity contribution in [3.05, 3.63) is 17.1 Å². The molecule has 4 rings (SSSR count). The zero-order chi connectivity index (χ0) is 22.7. The second-order valence-corrected chi connectivity index (χ2v) is 9.21. The Morgan fingerprint density at radius 3 is 2.47 bits per heavy atom. The lowest BCUT2D eigenvalue weighted by Gasteiger charge is -2.35. The molecule has 9 heteroatoms. The number of aromatic nitrogens is 2. The first kappa shape index (κ1) is 22.9. The number of nitrogens with zero attached hydrogens (tertiary/aromatic N) is 5. The second-order valence-electron chi connectivity index (χ2n) is 9.21. The maximum Gasteiger partial charge on any atom is 0.226 e. The van der Waals surface area contributed by atoms with Crippen molar-refractivity contribution in [1.82, 2.24) is 24.7 Å². The molecular weight excluding hydrogens is 408 g/mol. The fourth-order valence-corrected chi connectivity index (χ4v) is 5.03. The molecule has 9 nitrogen and oxygen atoms in total. The third-order valence-corrected chi connectivity index (χ3v) is 6.99. The van der Waals surface area contributed by atoms with Crippen molar-refractivity contribution in [2.75, 3.05) is 64.8 Å². The number of carbonyl (C=O) groups is 2. The average Bonchev–Trinajstić information content (AvgIpc) is 2.83. The molecule has 4 heterocycles. The van der Waals surface area contributed by atoms with Gasteiger partial charge in [0.1, 0.15) is 11.6 Å². The van der Waals surface area contributed by atoms with E-state index in [2.05, 4.69) is 10.2 Å². The highest BCUT2D eigenvalue weighted by Gasteiger charge is 2.31. The number of fused-ring (bicyclic) bond motifs is 1. The van der Waals surface area contributed by atoms with Gasteiger partial charge in [-0.3, -0.25) is 14.5 Å². The van der Waals surface area contributed by atoms with Gasteiger partial charge in [0.05, 0.1) is 25.5 Å². The summed E-state index contributed by atoms with van der Waals surface area (Å²) in [5, 5.41) is 3.23. The van der Waals surface area contributed by atoms with E-state index in [1.165, 1.54) is 0 Å². The molecule has 1 N–H and O–H groups in total. The largest absolute Gasteiger partial charge is 0.379 e. The Hall–Kier alpha value is -2.26. The SMILES string of the molecule is CNc1nc(C2CCN(C(=O)C(C)CN3CCOCC3)CC2)nc2c1CCN(C(C)=O)C2. The van der Waals surface area contributed by atoms with E-state index in [-0.39, 0.29) is 23.7 Å². The molecule has 0 saturated carbocycles. The zero-order valence-corrected chi connectivity index (χ0v) is 19.6. The van der Waals surface area contributed by atoms with Gasteiger partial charge in [-0.15, -0.1) is 0 Å². The van der Waals surface area contributed by atoms with Crippen molar-refractivity contribution in [1.29, 1.82) is 0 Å². The summed E-state index contributed by atoms with van der Waals surface area (Å²) in [6, 6.07) is 0. The van der Waals surface area contributed by atoms with Gasteiger partial charge >= 0.3 is 0 Å². The van der Waals surface area contributed by atoms with Crippen molar-refractivity contribution in [2.24, 2.45) is 5.92 Å². The van der Waals surface area contributed by atoms with Crippen molar-refractivity contribution in [2.45, 2.75) is 45.6 Å². The lowest BCUT2D eigenvalue weighted by atomic mass is 9.94. The standard InChI is InChI=1S/C23H36N6O3/c1-16(14-27-10-12-32-13-11-27)23(31)28-7-4-18(5-8-28)21-25-20-15-29(17(2)30)9-6-19(20)22(24-3)26-21/h16,18H,4-15H2,1-3H3,(H,24,25,26). The number of morpholine rings is 1. The van der Waals surface area contributed by atoms with E-state index < -0.39 is 0 Å². The van der Waals surface area contributed by atoms with Crippen LogP contribution in [0.25, 0.3) is 0 Å². The highest BCUT2D eigenvalue weighted by molar-refractivity contribution is 5.78. The molecule has 3 aliphatic rings. The molecule has 3 aliphatic heterocycles. The summed E-state index contributed by atoms with van der Waals surface area (Å²) in [6.07, 6.45) is 2.52. The van der Waals surface area contributed by atoms with Gasteiger partial charge in [-0.2, -0.15) is 0 Å². The number of likely N-dealkylation sites (tertiary alicyclic amines) is 1. The highest BCUT2D eigenvalue weighted by Crippen LogP contribution is 2.31. The number of piperidine rings is 1. The van der Waals surface area contributed by atoms with Crippen LogP contribution in [0, 0.1) is 5.92 Å². The number of amides is 2. The lowest BCUT2D eigenvalue weighted by Crippen LogP contribution is -2.46. The molecule has 0 radical (unpaired) electrons. The number of ether oxygens (including phenoxy) is 1. The predicted molar refractivity (Wildman–Crippen MR) is 121 cm³/mol. The van der Waals surface area contributed by atoms with Gasteiger partial charge in [0.2, 0.25) is 11.8 Å². The fraction of sp³-hybridized carbons (Fsp3) is 0.739. The summed E-state index contributed by atoms with van der Waals surface area (Å²) in [5.74, 6) is 2.28. The topological polar surface area (TPSA) is 90.9 Å². The Bertz CT molecular complexity index is 833. The van der Waals surface area contributed by atoms with E-state index >= 15 is 0 Å². The Labute approximate surface area is 190 Å².